The van der Waals surface area contributed by atoms with E-state index in [9.17, 15) is 0 Å². The van der Waals surface area contributed by atoms with E-state index in [0.29, 0.717) is 0 Å². The SMILES string of the molecule is C1=CCCC=CCC1.[CH2-]C(C)(C)C.[CH2-]C(C)(C)C.[Pt+2]. The van der Waals surface area contributed by atoms with E-state index in [4.69, 9.17) is 0 Å². The smallest absolute Gasteiger partial charge is 0.338 e. The summed E-state index contributed by atoms with van der Waals surface area (Å²) in [5.74, 6) is 0. The van der Waals surface area contributed by atoms with Gasteiger partial charge in [-0.15, -0.1) is 0 Å². The number of hydrogen-bond donors (Lipinski definition) is 0. The first-order valence-corrected chi connectivity index (χ1v) is 7.01. The monoisotopic (exact) mass is 445 g/mol. The minimum absolute atomic E-state index is 0. The standard InChI is InChI=1S/C8H12.2C5H11.Pt/c1-2-4-6-8-7-5-3-1;2*1-5(2,3)4;/h1-2,7-8H,3-6H2;2*1H2,2-4H3;/q;2*-1;+2. The molecule has 0 atom stereocenters. The third-order valence-electron chi connectivity index (χ3n) is 1.33. The molecule has 1 heteroatoms. The fourth-order valence-corrected chi connectivity index (χ4v) is 0.856. The summed E-state index contributed by atoms with van der Waals surface area (Å²) in [6.45, 7) is 20.0. The van der Waals surface area contributed by atoms with E-state index in [1.165, 1.54) is 25.7 Å². The summed E-state index contributed by atoms with van der Waals surface area (Å²) < 4.78 is 0. The predicted octanol–water partition coefficient (Wildman–Crippen LogP) is 6.40. The van der Waals surface area contributed by atoms with E-state index in [1.807, 2.05) is 0 Å². The van der Waals surface area contributed by atoms with Gasteiger partial charge in [0.25, 0.3) is 0 Å². The van der Waals surface area contributed by atoms with E-state index in [1.54, 1.807) is 0 Å². The molecule has 0 heterocycles. The first-order valence-electron chi connectivity index (χ1n) is 7.01. The Hall–Kier alpha value is 0.168. The summed E-state index contributed by atoms with van der Waals surface area (Å²) >= 11 is 0. The molecule has 1 rings (SSSR count). The third-order valence-corrected chi connectivity index (χ3v) is 1.33. The van der Waals surface area contributed by atoms with E-state index < -0.39 is 0 Å². The van der Waals surface area contributed by atoms with Crippen LogP contribution in [-0.4, -0.2) is 0 Å². The Labute approximate surface area is 137 Å². The molecule has 0 N–H and O–H groups in total. The van der Waals surface area contributed by atoms with Crippen molar-refractivity contribution < 1.29 is 21.1 Å². The molecule has 0 aromatic carbocycles. The Bertz CT molecular complexity index is 173. The van der Waals surface area contributed by atoms with Crippen LogP contribution in [0.4, 0.5) is 0 Å². The van der Waals surface area contributed by atoms with E-state index in [0.717, 1.165) is 0 Å². The van der Waals surface area contributed by atoms with Gasteiger partial charge in [0.1, 0.15) is 0 Å². The first kappa shape index (κ1) is 24.2. The second-order valence-electron chi connectivity index (χ2n) is 7.22. The largest absolute Gasteiger partial charge is 2.00 e. The number of hydrogen-bond acceptors (Lipinski definition) is 0. The molecular weight excluding hydrogens is 411 g/mol. The van der Waals surface area contributed by atoms with Crippen LogP contribution in [0.2, 0.25) is 0 Å². The number of allylic oxidation sites excluding steroid dienone is 4. The zero-order chi connectivity index (χ0) is 14.7. The van der Waals surface area contributed by atoms with Gasteiger partial charge in [0.15, 0.2) is 0 Å². The van der Waals surface area contributed by atoms with Crippen LogP contribution in [0.5, 0.6) is 0 Å². The molecule has 0 fully saturated rings. The minimum Gasteiger partial charge on any atom is -0.338 e. The molecule has 0 spiro atoms. The van der Waals surface area contributed by atoms with Crippen LogP contribution in [0.25, 0.3) is 0 Å². The molecule has 0 amide bonds. The fourth-order valence-electron chi connectivity index (χ4n) is 0.856. The molecule has 0 aromatic heterocycles. The average molecular weight is 446 g/mol. The molecule has 0 unspecified atom stereocenters. The summed E-state index contributed by atoms with van der Waals surface area (Å²) in [5.41, 5.74) is 0.500. The summed E-state index contributed by atoms with van der Waals surface area (Å²) in [6, 6.07) is 0. The quantitative estimate of drug-likeness (QED) is 0.299. The van der Waals surface area contributed by atoms with Gasteiger partial charge in [-0.25, -0.2) is 0 Å². The van der Waals surface area contributed by atoms with Gasteiger partial charge in [0.2, 0.25) is 0 Å². The second kappa shape index (κ2) is 13.2. The van der Waals surface area contributed by atoms with Crippen molar-refractivity contribution in [3.05, 3.63) is 38.2 Å². The van der Waals surface area contributed by atoms with Crippen LogP contribution >= 0.6 is 0 Å². The number of rotatable bonds is 0. The van der Waals surface area contributed by atoms with Gasteiger partial charge in [-0.05, 0) is 25.7 Å². The van der Waals surface area contributed by atoms with Gasteiger partial charge in [-0.3, -0.25) is 0 Å². The summed E-state index contributed by atoms with van der Waals surface area (Å²) in [4.78, 5) is 0. The van der Waals surface area contributed by atoms with Crippen LogP contribution < -0.4 is 0 Å². The molecule has 0 saturated carbocycles. The Kier molecular flexibility index (Phi) is 16.8. The van der Waals surface area contributed by atoms with Crippen LogP contribution in [0, 0.1) is 24.7 Å². The van der Waals surface area contributed by atoms with Crippen molar-refractivity contribution in [1.29, 1.82) is 0 Å². The molecule has 0 radical (unpaired) electrons. The van der Waals surface area contributed by atoms with Gasteiger partial charge in [0, 0.05) is 0 Å². The summed E-state index contributed by atoms with van der Waals surface area (Å²) in [6.07, 6.45) is 14.0. The van der Waals surface area contributed by atoms with Crippen molar-refractivity contribution in [2.24, 2.45) is 10.8 Å². The third kappa shape index (κ3) is 71.2. The zero-order valence-electron chi connectivity index (χ0n) is 13.9. The molecule has 0 bridgehead atoms. The van der Waals surface area contributed by atoms with Gasteiger partial charge in [-0.2, -0.15) is 10.8 Å². The van der Waals surface area contributed by atoms with Crippen LogP contribution in [0.3, 0.4) is 0 Å². The Morgan fingerprint density at radius 3 is 0.789 bits per heavy atom. The minimum atomic E-state index is 0. The normalized spacial score (nSPS) is 14.7. The second-order valence-corrected chi connectivity index (χ2v) is 7.22. The molecule has 0 saturated heterocycles. The Balaban J connectivity index is -0.000000208. The van der Waals surface area contributed by atoms with Crippen molar-refractivity contribution in [3.8, 4) is 0 Å². The average Bonchev–Trinajstić information content (AvgIpc) is 1.93. The molecule has 0 aliphatic heterocycles. The molecule has 1 aliphatic rings. The van der Waals surface area contributed by atoms with Crippen LogP contribution in [0.1, 0.15) is 67.2 Å². The molecule has 0 nitrogen and oxygen atoms in total. The summed E-state index contributed by atoms with van der Waals surface area (Å²) in [5, 5.41) is 0. The van der Waals surface area contributed by atoms with Crippen LogP contribution in [0.15, 0.2) is 24.3 Å². The van der Waals surface area contributed by atoms with Gasteiger partial charge in [-0.1, -0.05) is 65.8 Å². The molecular formula is C18H34Pt. The summed E-state index contributed by atoms with van der Waals surface area (Å²) in [7, 11) is 0. The zero-order valence-corrected chi connectivity index (χ0v) is 16.1. The van der Waals surface area contributed by atoms with Crippen molar-refractivity contribution in [3.63, 3.8) is 0 Å². The molecule has 0 aromatic rings. The molecule has 19 heavy (non-hydrogen) atoms. The molecule has 116 valence electrons. The Morgan fingerprint density at radius 1 is 0.579 bits per heavy atom. The van der Waals surface area contributed by atoms with Gasteiger partial charge in [0.05, 0.1) is 0 Å². The predicted molar refractivity (Wildman–Crippen MR) is 86.4 cm³/mol. The van der Waals surface area contributed by atoms with E-state index in [-0.39, 0.29) is 31.9 Å². The van der Waals surface area contributed by atoms with Crippen molar-refractivity contribution in [2.45, 2.75) is 67.2 Å². The van der Waals surface area contributed by atoms with Crippen LogP contribution in [-0.2, 0) is 21.1 Å². The van der Waals surface area contributed by atoms with Crippen molar-refractivity contribution >= 4 is 0 Å². The van der Waals surface area contributed by atoms with Crippen molar-refractivity contribution in [1.82, 2.24) is 0 Å². The Morgan fingerprint density at radius 2 is 0.684 bits per heavy atom. The fraction of sp³-hybridized carbons (Fsp3) is 0.667. The maximum absolute atomic E-state index is 3.77. The topological polar surface area (TPSA) is 0 Å². The van der Waals surface area contributed by atoms with E-state index >= 15 is 0 Å². The maximum Gasteiger partial charge on any atom is 2.00 e. The van der Waals surface area contributed by atoms with Gasteiger partial charge >= 0.3 is 21.1 Å². The van der Waals surface area contributed by atoms with Gasteiger partial charge < -0.3 is 13.8 Å². The van der Waals surface area contributed by atoms with E-state index in [2.05, 4.69) is 79.7 Å². The molecule has 1 aliphatic carbocycles. The first-order chi connectivity index (χ1) is 8.00. The maximum atomic E-state index is 3.77. The van der Waals surface area contributed by atoms with Crippen molar-refractivity contribution in [2.75, 3.05) is 0 Å².